The maximum absolute atomic E-state index is 11.9. The Bertz CT molecular complexity index is 858. The van der Waals surface area contributed by atoms with Gasteiger partial charge in [0.1, 0.15) is 16.0 Å². The smallest absolute Gasteiger partial charge is 0.272 e. The summed E-state index contributed by atoms with van der Waals surface area (Å²) in [6.07, 6.45) is 0. The van der Waals surface area contributed by atoms with Gasteiger partial charge in [0.05, 0.1) is 9.35 Å². The maximum atomic E-state index is 11.9. The Hall–Kier alpha value is -1.93. The summed E-state index contributed by atoms with van der Waals surface area (Å²) in [5.74, 6) is -0.452. The summed E-state index contributed by atoms with van der Waals surface area (Å²) in [6, 6.07) is 11.3. The molecule has 0 spiro atoms. The lowest BCUT2D eigenvalue weighted by Gasteiger charge is -2.09. The number of hydrogen-bond donors (Lipinski definition) is 2. The van der Waals surface area contributed by atoms with Crippen LogP contribution in [0.2, 0.25) is 0 Å². The van der Waals surface area contributed by atoms with Crippen LogP contribution in [0.4, 0.5) is 0 Å². The average molecular weight is 416 g/mol. The Morgan fingerprint density at radius 1 is 1.30 bits per heavy atom. The minimum atomic E-state index is -3.83. The molecular weight excluding hydrogens is 406 g/mol. The summed E-state index contributed by atoms with van der Waals surface area (Å²) < 4.78 is 29.7. The van der Waals surface area contributed by atoms with Crippen LogP contribution in [0.5, 0.6) is 5.75 Å². The van der Waals surface area contributed by atoms with Gasteiger partial charge in [-0.1, -0.05) is 12.1 Å². The first-order valence-corrected chi connectivity index (χ1v) is 9.19. The number of hydrazine groups is 1. The van der Waals surface area contributed by atoms with Gasteiger partial charge in [0.2, 0.25) is 0 Å². The molecule has 0 fully saturated rings. The second-order valence-corrected chi connectivity index (χ2v) is 8.48. The van der Waals surface area contributed by atoms with Crippen molar-refractivity contribution in [2.24, 2.45) is 0 Å². The Labute approximate surface area is 145 Å². The zero-order valence-electron chi connectivity index (χ0n) is 11.4. The number of thiophene rings is 1. The van der Waals surface area contributed by atoms with E-state index in [2.05, 4.69) is 15.9 Å². The molecule has 0 atom stereocenters. The van der Waals surface area contributed by atoms with Gasteiger partial charge in [0.25, 0.3) is 15.9 Å². The van der Waals surface area contributed by atoms with E-state index < -0.39 is 22.5 Å². The third-order valence-electron chi connectivity index (χ3n) is 2.50. The monoisotopic (exact) mass is 415 g/mol. The molecule has 0 bridgehead atoms. The van der Waals surface area contributed by atoms with Crippen molar-refractivity contribution in [1.82, 2.24) is 10.3 Å². The van der Waals surface area contributed by atoms with E-state index in [1.165, 1.54) is 6.07 Å². The highest BCUT2D eigenvalue weighted by Gasteiger charge is 2.17. The van der Waals surface area contributed by atoms with E-state index in [1.807, 2.05) is 16.3 Å². The van der Waals surface area contributed by atoms with Crippen molar-refractivity contribution in [3.05, 3.63) is 45.7 Å². The standard InChI is InChI=1S/C13H10BrN3O4S2/c14-11-5-6-13(22-11)23(19,20)17-16-12(18)8-21-10-4-2-1-3-9(10)7-15/h1-6,17H,8H2,(H,16,18). The highest BCUT2D eigenvalue weighted by atomic mass is 79.9. The summed E-state index contributed by atoms with van der Waals surface area (Å²) in [6.45, 7) is -0.435. The van der Waals surface area contributed by atoms with E-state index >= 15 is 0 Å². The molecule has 0 aliphatic heterocycles. The highest BCUT2D eigenvalue weighted by Crippen LogP contribution is 2.25. The number of nitriles is 1. The lowest BCUT2D eigenvalue weighted by molar-refractivity contribution is -0.123. The van der Waals surface area contributed by atoms with Gasteiger partial charge in [-0.3, -0.25) is 10.2 Å². The Morgan fingerprint density at radius 2 is 2.04 bits per heavy atom. The predicted molar refractivity (Wildman–Crippen MR) is 87.1 cm³/mol. The Kier molecular flexibility index (Phi) is 5.73. The number of benzene rings is 1. The molecular formula is C13H10BrN3O4S2. The predicted octanol–water partition coefficient (Wildman–Crippen LogP) is 1.77. The molecule has 0 saturated heterocycles. The highest BCUT2D eigenvalue weighted by molar-refractivity contribution is 9.11. The number of hydrogen-bond acceptors (Lipinski definition) is 6. The van der Waals surface area contributed by atoms with Gasteiger partial charge in [-0.25, -0.2) is 8.42 Å². The first-order valence-electron chi connectivity index (χ1n) is 6.10. The topological polar surface area (TPSA) is 108 Å². The van der Waals surface area contributed by atoms with Gasteiger partial charge in [-0.2, -0.15) is 5.26 Å². The molecule has 0 saturated carbocycles. The first-order chi connectivity index (χ1) is 10.9. The summed E-state index contributed by atoms with van der Waals surface area (Å²) in [5.41, 5.74) is 2.33. The van der Waals surface area contributed by atoms with Crippen LogP contribution in [0.15, 0.2) is 44.4 Å². The summed E-state index contributed by atoms with van der Waals surface area (Å²) in [5, 5.41) is 8.90. The first kappa shape index (κ1) is 17.4. The normalized spacial score (nSPS) is 10.8. The number of para-hydroxylation sites is 1. The summed E-state index contributed by atoms with van der Waals surface area (Å²) >= 11 is 4.17. The van der Waals surface area contributed by atoms with E-state index in [-0.39, 0.29) is 15.5 Å². The van der Waals surface area contributed by atoms with Crippen molar-refractivity contribution in [2.45, 2.75) is 4.21 Å². The lowest BCUT2D eigenvalue weighted by atomic mass is 10.2. The van der Waals surface area contributed by atoms with Crippen LogP contribution in [0.25, 0.3) is 0 Å². The van der Waals surface area contributed by atoms with Crippen LogP contribution in [-0.4, -0.2) is 20.9 Å². The Morgan fingerprint density at radius 3 is 2.70 bits per heavy atom. The molecule has 0 unspecified atom stereocenters. The van der Waals surface area contributed by atoms with Crippen molar-refractivity contribution in [3.63, 3.8) is 0 Å². The average Bonchev–Trinajstić information content (AvgIpc) is 2.98. The van der Waals surface area contributed by atoms with E-state index in [0.29, 0.717) is 3.79 Å². The molecule has 10 heteroatoms. The summed E-state index contributed by atoms with van der Waals surface area (Å²) in [4.78, 5) is 13.6. The van der Waals surface area contributed by atoms with Crippen molar-refractivity contribution < 1.29 is 17.9 Å². The SMILES string of the molecule is N#Cc1ccccc1OCC(=O)NNS(=O)(=O)c1ccc(Br)s1. The van der Waals surface area contributed by atoms with E-state index in [1.54, 1.807) is 30.3 Å². The summed E-state index contributed by atoms with van der Waals surface area (Å²) in [7, 11) is -3.83. The van der Waals surface area contributed by atoms with Crippen molar-refractivity contribution in [3.8, 4) is 11.8 Å². The van der Waals surface area contributed by atoms with Crippen LogP contribution < -0.4 is 15.0 Å². The van der Waals surface area contributed by atoms with E-state index in [0.717, 1.165) is 11.3 Å². The fraction of sp³-hybridized carbons (Fsp3) is 0.0769. The molecule has 2 aromatic rings. The van der Waals surface area contributed by atoms with Gasteiger partial charge in [0.15, 0.2) is 6.61 Å². The number of sulfonamides is 1. The van der Waals surface area contributed by atoms with Gasteiger partial charge < -0.3 is 4.74 Å². The molecule has 7 nitrogen and oxygen atoms in total. The zero-order valence-corrected chi connectivity index (χ0v) is 14.7. The third-order valence-corrected chi connectivity index (χ3v) is 5.87. The quantitative estimate of drug-likeness (QED) is 0.698. The fourth-order valence-electron chi connectivity index (χ4n) is 1.48. The van der Waals surface area contributed by atoms with Crippen LogP contribution in [0.3, 0.4) is 0 Å². The van der Waals surface area contributed by atoms with E-state index in [4.69, 9.17) is 10.00 Å². The molecule has 1 aromatic heterocycles. The molecule has 120 valence electrons. The van der Waals surface area contributed by atoms with Crippen LogP contribution in [-0.2, 0) is 14.8 Å². The molecule has 1 amide bonds. The minimum absolute atomic E-state index is 0.0559. The van der Waals surface area contributed by atoms with Crippen LogP contribution in [0, 0.1) is 11.3 Å². The molecule has 0 aliphatic carbocycles. The maximum Gasteiger partial charge on any atom is 0.272 e. The minimum Gasteiger partial charge on any atom is -0.482 e. The number of rotatable bonds is 6. The molecule has 2 rings (SSSR count). The van der Waals surface area contributed by atoms with Gasteiger partial charge in [0, 0.05) is 0 Å². The van der Waals surface area contributed by atoms with Crippen LogP contribution in [0.1, 0.15) is 5.56 Å². The lowest BCUT2D eigenvalue weighted by Crippen LogP contribution is -2.43. The number of ether oxygens (including phenoxy) is 1. The molecule has 0 radical (unpaired) electrons. The zero-order chi connectivity index (χ0) is 16.9. The fourth-order valence-corrected chi connectivity index (χ4v) is 4.35. The van der Waals surface area contributed by atoms with Crippen molar-refractivity contribution >= 4 is 43.2 Å². The van der Waals surface area contributed by atoms with Gasteiger partial charge >= 0.3 is 0 Å². The second kappa shape index (κ2) is 7.56. The van der Waals surface area contributed by atoms with E-state index in [9.17, 15) is 13.2 Å². The van der Waals surface area contributed by atoms with Gasteiger partial charge in [-0.05, 0) is 40.2 Å². The number of carbonyl (C=O) groups is 1. The molecule has 2 N–H and O–H groups in total. The van der Waals surface area contributed by atoms with Crippen LogP contribution >= 0.6 is 27.3 Å². The molecule has 1 heterocycles. The third kappa shape index (κ3) is 4.77. The van der Waals surface area contributed by atoms with Crippen molar-refractivity contribution in [1.29, 1.82) is 5.26 Å². The largest absolute Gasteiger partial charge is 0.482 e. The molecule has 0 aliphatic rings. The number of carbonyl (C=O) groups excluding carboxylic acids is 1. The van der Waals surface area contributed by atoms with Crippen molar-refractivity contribution in [2.75, 3.05) is 6.61 Å². The number of amides is 1. The molecule has 1 aromatic carbocycles. The number of halogens is 1. The second-order valence-electron chi connectivity index (χ2n) is 4.11. The van der Waals surface area contributed by atoms with Gasteiger partial charge in [-0.15, -0.1) is 16.2 Å². The molecule has 23 heavy (non-hydrogen) atoms. The Balaban J connectivity index is 1.89. The number of nitrogens with zero attached hydrogens (tertiary/aromatic N) is 1. The number of nitrogens with one attached hydrogen (secondary N) is 2.